The number of rotatable bonds is 8. The van der Waals surface area contributed by atoms with Crippen LogP contribution in [-0.4, -0.2) is 24.5 Å². The Bertz CT molecular complexity index is 2600. The van der Waals surface area contributed by atoms with Gasteiger partial charge in [0.25, 0.3) is 0 Å². The fraction of sp³-hybridized carbons (Fsp3) is 0.0435. The van der Waals surface area contributed by atoms with Gasteiger partial charge in [-0.3, -0.25) is 0 Å². The van der Waals surface area contributed by atoms with Crippen LogP contribution in [-0.2, 0) is 41.5 Å². The molecule has 9 heteroatoms. The molecule has 0 aliphatic rings. The second-order valence-electron chi connectivity index (χ2n) is 12.5. The molecule has 0 aliphatic heterocycles. The Morgan fingerprint density at radius 1 is 0.491 bits per heavy atom. The summed E-state index contributed by atoms with van der Waals surface area (Å²) >= 11 is 0. The summed E-state index contributed by atoms with van der Waals surface area (Å²) in [7, 11) is 0. The molecule has 9 rings (SSSR count). The summed E-state index contributed by atoms with van der Waals surface area (Å²) in [6, 6.07) is 50.9. The van der Waals surface area contributed by atoms with Gasteiger partial charge < -0.3 is 24.0 Å². The minimum atomic E-state index is 0. The molecule has 0 fully saturated rings. The summed E-state index contributed by atoms with van der Waals surface area (Å²) in [5.41, 5.74) is 9.15. The largest absolute Gasteiger partial charge is 2.00 e. The maximum atomic E-state index is 6.35. The van der Waals surface area contributed by atoms with Crippen LogP contribution in [0.1, 0.15) is 11.1 Å². The van der Waals surface area contributed by atoms with Crippen molar-refractivity contribution in [2.45, 2.75) is 13.8 Å². The standard InChI is InChI=1S/C46H29N5O2.Pd.Pt/c1-30-10-7-11-31(2)45(30)34-28-49-46(50-29-34)51-43-26-37(52-35-14-8-12-32(24-35)41-16-3-5-22-47-41)18-20-39(43)40-21-19-38(27-44(40)51)53-36-15-9-13-33(25-36)42-17-4-6-23-48-42;;/h3-23,28-29H,1-2H3;;/q-4;2*+2. The minimum absolute atomic E-state index is 0. The Labute approximate surface area is 347 Å². The molecular weight excluding hydrogens is 956 g/mol. The topological polar surface area (TPSA) is 75.0 Å². The van der Waals surface area contributed by atoms with Crippen molar-refractivity contribution in [3.05, 3.63) is 175 Å². The molecular formula is C46H29N5O2PdPt. The maximum absolute atomic E-state index is 6.35. The molecule has 0 saturated heterocycles. The van der Waals surface area contributed by atoms with Gasteiger partial charge in [0.15, 0.2) is 0 Å². The summed E-state index contributed by atoms with van der Waals surface area (Å²) in [6.07, 6.45) is 7.26. The van der Waals surface area contributed by atoms with Crippen molar-refractivity contribution in [3.8, 4) is 62.6 Å². The molecule has 0 radical (unpaired) electrons. The molecule has 55 heavy (non-hydrogen) atoms. The molecule has 5 aromatic carbocycles. The molecule has 0 unspecified atom stereocenters. The van der Waals surface area contributed by atoms with Crippen molar-refractivity contribution >= 4 is 21.8 Å². The van der Waals surface area contributed by atoms with Gasteiger partial charge in [-0.15, -0.1) is 71.8 Å². The van der Waals surface area contributed by atoms with E-state index in [4.69, 9.17) is 19.4 Å². The van der Waals surface area contributed by atoms with Gasteiger partial charge in [0, 0.05) is 53.3 Å². The van der Waals surface area contributed by atoms with E-state index in [9.17, 15) is 0 Å². The van der Waals surface area contributed by atoms with Gasteiger partial charge in [0.2, 0.25) is 5.95 Å². The van der Waals surface area contributed by atoms with Gasteiger partial charge in [-0.1, -0.05) is 65.6 Å². The first-order valence-electron chi connectivity index (χ1n) is 17.1. The van der Waals surface area contributed by atoms with Gasteiger partial charge >= 0.3 is 41.5 Å². The zero-order chi connectivity index (χ0) is 35.7. The van der Waals surface area contributed by atoms with Gasteiger partial charge in [0.1, 0.15) is 0 Å². The first-order valence-corrected chi connectivity index (χ1v) is 17.1. The molecule has 7 nitrogen and oxygen atoms in total. The second-order valence-corrected chi connectivity index (χ2v) is 12.5. The van der Waals surface area contributed by atoms with E-state index >= 15 is 0 Å². The fourth-order valence-corrected chi connectivity index (χ4v) is 6.58. The van der Waals surface area contributed by atoms with E-state index in [1.165, 1.54) is 0 Å². The van der Waals surface area contributed by atoms with Gasteiger partial charge in [-0.05, 0) is 54.1 Å². The Hall–Kier alpha value is -5.77. The monoisotopic (exact) mass is 984 g/mol. The maximum Gasteiger partial charge on any atom is 2.00 e. The van der Waals surface area contributed by atoms with Crippen LogP contribution in [0.5, 0.6) is 23.0 Å². The normalized spacial score (nSPS) is 10.8. The van der Waals surface area contributed by atoms with Crippen molar-refractivity contribution in [3.63, 3.8) is 0 Å². The zero-order valence-corrected chi connectivity index (χ0v) is 33.3. The molecule has 270 valence electrons. The smallest absolute Gasteiger partial charge is 0.503 e. The van der Waals surface area contributed by atoms with Crippen LogP contribution in [0.15, 0.2) is 140 Å². The summed E-state index contributed by atoms with van der Waals surface area (Å²) in [4.78, 5) is 18.7. The number of hydrogen-bond donors (Lipinski definition) is 0. The molecule has 0 spiro atoms. The summed E-state index contributed by atoms with van der Waals surface area (Å²) in [5.74, 6) is 2.59. The van der Waals surface area contributed by atoms with Crippen molar-refractivity contribution in [1.29, 1.82) is 0 Å². The molecule has 0 bridgehead atoms. The van der Waals surface area contributed by atoms with E-state index in [-0.39, 0.29) is 41.5 Å². The van der Waals surface area contributed by atoms with Gasteiger partial charge in [-0.25, -0.2) is 9.97 Å². The van der Waals surface area contributed by atoms with Crippen molar-refractivity contribution in [2.24, 2.45) is 0 Å². The quantitative estimate of drug-likeness (QED) is 0.112. The molecule has 4 heterocycles. The number of nitrogens with zero attached hydrogens (tertiary/aromatic N) is 5. The molecule has 4 aromatic heterocycles. The summed E-state index contributed by atoms with van der Waals surface area (Å²) in [5, 5.41) is 1.88. The molecule has 0 atom stereocenters. The van der Waals surface area contributed by atoms with Crippen molar-refractivity contribution < 1.29 is 51.0 Å². The first kappa shape index (κ1) is 37.5. The van der Waals surface area contributed by atoms with E-state index < -0.39 is 0 Å². The Morgan fingerprint density at radius 2 is 0.964 bits per heavy atom. The van der Waals surface area contributed by atoms with E-state index in [1.54, 1.807) is 12.4 Å². The second kappa shape index (κ2) is 16.3. The minimum Gasteiger partial charge on any atom is -0.503 e. The van der Waals surface area contributed by atoms with E-state index in [0.29, 0.717) is 28.9 Å². The van der Waals surface area contributed by atoms with Crippen LogP contribution in [0.25, 0.3) is 61.4 Å². The third-order valence-electron chi connectivity index (χ3n) is 9.00. The Kier molecular flexibility index (Phi) is 11.1. The Morgan fingerprint density at radius 3 is 1.44 bits per heavy atom. The predicted molar refractivity (Wildman–Crippen MR) is 206 cm³/mol. The first-order chi connectivity index (χ1) is 26.1. The van der Waals surface area contributed by atoms with Crippen LogP contribution in [0.2, 0.25) is 0 Å². The predicted octanol–water partition coefficient (Wildman–Crippen LogP) is 10.8. The molecule has 0 amide bonds. The third kappa shape index (κ3) is 7.63. The van der Waals surface area contributed by atoms with Gasteiger partial charge in [-0.2, -0.15) is 22.9 Å². The van der Waals surface area contributed by atoms with E-state index in [1.807, 2.05) is 114 Å². The van der Waals surface area contributed by atoms with E-state index in [0.717, 1.165) is 66.6 Å². The molecule has 9 aromatic rings. The van der Waals surface area contributed by atoms with Crippen LogP contribution in [0, 0.1) is 38.1 Å². The fourth-order valence-electron chi connectivity index (χ4n) is 6.58. The number of benzene rings is 5. The number of pyridine rings is 2. The number of aromatic nitrogens is 5. The SMILES string of the molecule is Cc1cccc(C)c1-c1cnc(-n2c3[c-]c(Oc4[c-]c(-c5ccccn5)ccc4)ccc3c3ccc(Oc4[c-]c(-c5ccccn5)ccc4)[c-]c32)nc1.[Pd+2].[Pt+2]. The Balaban J connectivity index is 0.00000233. The number of ether oxygens (including phenoxy) is 2. The third-order valence-corrected chi connectivity index (χ3v) is 9.00. The van der Waals surface area contributed by atoms with Crippen LogP contribution in [0.4, 0.5) is 0 Å². The zero-order valence-electron chi connectivity index (χ0n) is 29.5. The molecule has 0 saturated carbocycles. The summed E-state index contributed by atoms with van der Waals surface area (Å²) < 4.78 is 14.6. The van der Waals surface area contributed by atoms with Crippen molar-refractivity contribution in [1.82, 2.24) is 24.5 Å². The molecule has 0 N–H and O–H groups in total. The van der Waals surface area contributed by atoms with Gasteiger partial charge in [0.05, 0.1) is 0 Å². The van der Waals surface area contributed by atoms with Crippen molar-refractivity contribution in [2.75, 3.05) is 0 Å². The molecule has 0 aliphatic carbocycles. The van der Waals surface area contributed by atoms with Crippen LogP contribution < -0.4 is 9.47 Å². The van der Waals surface area contributed by atoms with E-state index in [2.05, 4.69) is 66.3 Å². The average Bonchev–Trinajstić information content (AvgIpc) is 3.52. The number of aryl methyl sites for hydroxylation is 2. The summed E-state index contributed by atoms with van der Waals surface area (Å²) in [6.45, 7) is 4.20. The number of fused-ring (bicyclic) bond motifs is 3. The average molecular weight is 985 g/mol. The van der Waals surface area contributed by atoms with Crippen LogP contribution >= 0.6 is 0 Å². The number of hydrogen-bond acceptors (Lipinski definition) is 6. The van der Waals surface area contributed by atoms with Crippen LogP contribution in [0.3, 0.4) is 0 Å².